The number of hydrogen-bond donors (Lipinski definition) is 1. The van der Waals surface area contributed by atoms with Gasteiger partial charge in [0.15, 0.2) is 0 Å². The lowest BCUT2D eigenvalue weighted by Gasteiger charge is -2.17. The Morgan fingerprint density at radius 1 is 1.40 bits per heavy atom. The monoisotopic (exact) mass is 285 g/mol. The van der Waals surface area contributed by atoms with Crippen LogP contribution < -0.4 is 10.1 Å². The Hall–Kier alpha value is -1.69. The zero-order valence-corrected chi connectivity index (χ0v) is 11.1. The molecule has 4 nitrogen and oxygen atoms in total. The Labute approximate surface area is 116 Å². The van der Waals surface area contributed by atoms with Crippen LogP contribution in [0.3, 0.4) is 0 Å². The molecule has 110 valence electrons. The smallest absolute Gasteiger partial charge is 0.387 e. The maximum absolute atomic E-state index is 12.0. The first-order chi connectivity index (χ1) is 9.56. The van der Waals surface area contributed by atoms with Crippen molar-refractivity contribution in [2.45, 2.75) is 38.5 Å². The Balaban J connectivity index is 1.91. The van der Waals surface area contributed by atoms with E-state index in [0.717, 1.165) is 18.4 Å². The topological polar surface area (TPSA) is 47.6 Å². The SMILES string of the molecule is CC(NC(=O)C1CCCO1)c1ccc(OC(F)F)cc1. The minimum Gasteiger partial charge on any atom is -0.435 e. The van der Waals surface area contributed by atoms with E-state index in [9.17, 15) is 13.6 Å². The summed E-state index contributed by atoms with van der Waals surface area (Å²) in [5.74, 6) is -0.0377. The molecule has 0 aliphatic carbocycles. The van der Waals surface area contributed by atoms with Gasteiger partial charge in [0.05, 0.1) is 6.04 Å². The van der Waals surface area contributed by atoms with Crippen LogP contribution in [0.1, 0.15) is 31.4 Å². The second kappa shape index (κ2) is 6.65. The summed E-state index contributed by atoms with van der Waals surface area (Å²) in [6.45, 7) is -0.389. The molecular formula is C14H17F2NO3. The summed E-state index contributed by atoms with van der Waals surface area (Å²) in [4.78, 5) is 11.9. The van der Waals surface area contributed by atoms with Crippen molar-refractivity contribution in [1.29, 1.82) is 0 Å². The molecule has 1 heterocycles. The average molecular weight is 285 g/mol. The van der Waals surface area contributed by atoms with Crippen LogP contribution in [0.5, 0.6) is 5.75 Å². The van der Waals surface area contributed by atoms with E-state index in [1.54, 1.807) is 12.1 Å². The number of benzene rings is 1. The molecule has 1 aliphatic rings. The molecule has 2 unspecified atom stereocenters. The lowest BCUT2D eigenvalue weighted by atomic mass is 10.1. The van der Waals surface area contributed by atoms with Gasteiger partial charge in [0.2, 0.25) is 5.91 Å². The lowest BCUT2D eigenvalue weighted by Crippen LogP contribution is -2.35. The maximum Gasteiger partial charge on any atom is 0.387 e. The molecular weight excluding hydrogens is 268 g/mol. The maximum atomic E-state index is 12.0. The molecule has 20 heavy (non-hydrogen) atoms. The predicted octanol–water partition coefficient (Wildman–Crippen LogP) is 2.64. The third kappa shape index (κ3) is 3.90. The molecule has 1 amide bonds. The van der Waals surface area contributed by atoms with Crippen LogP contribution in [0.15, 0.2) is 24.3 Å². The molecule has 0 bridgehead atoms. The number of ether oxygens (including phenoxy) is 2. The molecule has 1 fully saturated rings. The van der Waals surface area contributed by atoms with Crippen molar-refractivity contribution in [3.63, 3.8) is 0 Å². The fourth-order valence-corrected chi connectivity index (χ4v) is 2.11. The van der Waals surface area contributed by atoms with Crippen molar-refractivity contribution in [2.24, 2.45) is 0 Å². The first kappa shape index (κ1) is 14.7. The van der Waals surface area contributed by atoms with Gasteiger partial charge in [-0.15, -0.1) is 0 Å². The number of rotatable bonds is 5. The first-order valence-corrected chi connectivity index (χ1v) is 6.53. The molecule has 2 atom stereocenters. The summed E-state index contributed by atoms with van der Waals surface area (Å²) in [6.07, 6.45) is 1.25. The highest BCUT2D eigenvalue weighted by atomic mass is 19.3. The second-order valence-electron chi connectivity index (χ2n) is 4.68. The van der Waals surface area contributed by atoms with Gasteiger partial charge in [-0.25, -0.2) is 0 Å². The number of carbonyl (C=O) groups excluding carboxylic acids is 1. The normalized spacial score (nSPS) is 19.9. The van der Waals surface area contributed by atoms with Crippen LogP contribution >= 0.6 is 0 Å². The van der Waals surface area contributed by atoms with Crippen molar-refractivity contribution in [3.8, 4) is 5.75 Å². The van der Waals surface area contributed by atoms with E-state index in [-0.39, 0.29) is 23.8 Å². The average Bonchev–Trinajstić information content (AvgIpc) is 2.92. The van der Waals surface area contributed by atoms with Crippen molar-refractivity contribution < 1.29 is 23.0 Å². The fourth-order valence-electron chi connectivity index (χ4n) is 2.11. The van der Waals surface area contributed by atoms with Gasteiger partial charge >= 0.3 is 6.61 Å². The van der Waals surface area contributed by atoms with Crippen molar-refractivity contribution in [1.82, 2.24) is 5.32 Å². The van der Waals surface area contributed by atoms with Gasteiger partial charge in [0.25, 0.3) is 0 Å². The third-order valence-electron chi connectivity index (χ3n) is 3.19. The van der Waals surface area contributed by atoms with Gasteiger partial charge < -0.3 is 14.8 Å². The van der Waals surface area contributed by atoms with Crippen molar-refractivity contribution >= 4 is 5.91 Å². The highest BCUT2D eigenvalue weighted by molar-refractivity contribution is 5.81. The van der Waals surface area contributed by atoms with Crippen LogP contribution in [0, 0.1) is 0 Å². The van der Waals surface area contributed by atoms with Crippen LogP contribution in [0.4, 0.5) is 8.78 Å². The highest BCUT2D eigenvalue weighted by Crippen LogP contribution is 2.20. The Kier molecular flexibility index (Phi) is 4.89. The van der Waals surface area contributed by atoms with Crippen LogP contribution in [0.2, 0.25) is 0 Å². The van der Waals surface area contributed by atoms with Crippen molar-refractivity contribution in [2.75, 3.05) is 6.61 Å². The molecule has 1 aromatic carbocycles. The largest absolute Gasteiger partial charge is 0.435 e. The summed E-state index contributed by atoms with van der Waals surface area (Å²) in [5.41, 5.74) is 0.818. The molecule has 0 spiro atoms. The van der Waals surface area contributed by atoms with Crippen molar-refractivity contribution in [3.05, 3.63) is 29.8 Å². The summed E-state index contributed by atoms with van der Waals surface area (Å²) in [5, 5.41) is 2.85. The zero-order chi connectivity index (χ0) is 14.5. The van der Waals surface area contributed by atoms with E-state index in [4.69, 9.17) is 4.74 Å². The molecule has 6 heteroatoms. The number of halogens is 2. The van der Waals surface area contributed by atoms with Gasteiger partial charge in [-0.2, -0.15) is 8.78 Å². The van der Waals surface area contributed by atoms with Crippen LogP contribution in [0.25, 0.3) is 0 Å². The van der Waals surface area contributed by atoms with E-state index in [2.05, 4.69) is 10.1 Å². The van der Waals surface area contributed by atoms with Crippen LogP contribution in [-0.2, 0) is 9.53 Å². The van der Waals surface area contributed by atoms with E-state index >= 15 is 0 Å². The van der Waals surface area contributed by atoms with Gasteiger partial charge in [0.1, 0.15) is 11.9 Å². The third-order valence-corrected chi connectivity index (χ3v) is 3.19. The first-order valence-electron chi connectivity index (χ1n) is 6.53. The second-order valence-corrected chi connectivity index (χ2v) is 4.68. The quantitative estimate of drug-likeness (QED) is 0.904. The Morgan fingerprint density at radius 3 is 2.65 bits per heavy atom. The summed E-state index contributed by atoms with van der Waals surface area (Å²) in [6, 6.07) is 6.00. The van der Waals surface area contributed by atoms with E-state index in [1.165, 1.54) is 12.1 Å². The predicted molar refractivity (Wildman–Crippen MR) is 68.6 cm³/mol. The van der Waals surface area contributed by atoms with Gasteiger partial charge in [-0.05, 0) is 37.5 Å². The number of hydrogen-bond acceptors (Lipinski definition) is 3. The molecule has 0 saturated carbocycles. The summed E-state index contributed by atoms with van der Waals surface area (Å²) < 4.78 is 33.6. The number of nitrogens with one attached hydrogen (secondary N) is 1. The molecule has 0 radical (unpaired) electrons. The number of alkyl halides is 2. The number of amides is 1. The Bertz CT molecular complexity index is 444. The Morgan fingerprint density at radius 2 is 2.10 bits per heavy atom. The van der Waals surface area contributed by atoms with E-state index in [1.807, 2.05) is 6.92 Å². The minimum absolute atomic E-state index is 0.0985. The molecule has 1 aliphatic heterocycles. The summed E-state index contributed by atoms with van der Waals surface area (Å²) in [7, 11) is 0. The highest BCUT2D eigenvalue weighted by Gasteiger charge is 2.24. The van der Waals surface area contributed by atoms with Crippen LogP contribution in [-0.4, -0.2) is 25.2 Å². The minimum atomic E-state index is -2.84. The molecule has 1 aromatic rings. The lowest BCUT2D eigenvalue weighted by molar-refractivity contribution is -0.130. The molecule has 2 rings (SSSR count). The standard InChI is InChI=1S/C14H17F2NO3/c1-9(17-13(18)12-3-2-8-19-12)10-4-6-11(7-5-10)20-14(15)16/h4-7,9,12,14H,2-3,8H2,1H3,(H,17,18). The van der Waals surface area contributed by atoms with E-state index in [0.29, 0.717) is 6.61 Å². The zero-order valence-electron chi connectivity index (χ0n) is 11.1. The van der Waals surface area contributed by atoms with Gasteiger partial charge in [-0.1, -0.05) is 12.1 Å². The number of carbonyl (C=O) groups is 1. The van der Waals surface area contributed by atoms with Gasteiger partial charge in [0, 0.05) is 6.61 Å². The molecule has 0 aromatic heterocycles. The molecule has 1 saturated heterocycles. The van der Waals surface area contributed by atoms with Gasteiger partial charge in [-0.3, -0.25) is 4.79 Å². The van der Waals surface area contributed by atoms with E-state index < -0.39 is 6.61 Å². The fraction of sp³-hybridized carbons (Fsp3) is 0.500. The molecule has 1 N–H and O–H groups in total. The summed E-state index contributed by atoms with van der Waals surface area (Å²) >= 11 is 0.